The Bertz CT molecular complexity index is 416. The van der Waals surface area contributed by atoms with Crippen LogP contribution in [-0.4, -0.2) is 55.2 Å². The highest BCUT2D eigenvalue weighted by molar-refractivity contribution is 6.30. The Balaban J connectivity index is 2.00. The minimum absolute atomic E-state index is 0.0300. The maximum atomic E-state index is 12.4. The first-order chi connectivity index (χ1) is 9.20. The predicted molar refractivity (Wildman–Crippen MR) is 74.6 cm³/mol. The van der Waals surface area contributed by atoms with Crippen molar-refractivity contribution in [3.8, 4) is 0 Å². The Morgan fingerprint density at radius 1 is 1.63 bits per heavy atom. The highest BCUT2D eigenvalue weighted by Gasteiger charge is 2.23. The summed E-state index contributed by atoms with van der Waals surface area (Å²) in [5.74, 6) is -0.0300. The molecule has 2 heterocycles. The summed E-state index contributed by atoms with van der Waals surface area (Å²) in [6, 6.07) is 2.04. The van der Waals surface area contributed by atoms with E-state index in [1.807, 2.05) is 4.90 Å². The van der Waals surface area contributed by atoms with Crippen LogP contribution in [0.1, 0.15) is 23.3 Å². The molecule has 1 fully saturated rings. The van der Waals surface area contributed by atoms with Gasteiger partial charge in [-0.3, -0.25) is 4.79 Å². The molecule has 1 aliphatic heterocycles. The third-order valence-corrected chi connectivity index (χ3v) is 3.55. The molecule has 1 saturated heterocycles. The van der Waals surface area contributed by atoms with Crippen LogP contribution in [0.15, 0.2) is 12.3 Å². The molecule has 0 bridgehead atoms. The number of H-pyrrole nitrogens is 1. The Labute approximate surface area is 118 Å². The number of nitrogens with zero attached hydrogens (tertiary/aromatic N) is 1. The first-order valence-electron chi connectivity index (χ1n) is 6.56. The van der Waals surface area contributed by atoms with Crippen LogP contribution >= 0.6 is 11.6 Å². The summed E-state index contributed by atoms with van der Waals surface area (Å²) >= 11 is 5.84. The molecule has 1 aromatic rings. The average Bonchev–Trinajstić information content (AvgIpc) is 3.05. The number of carbonyl (C=O) groups excluding carboxylic acids is 1. The SMILES string of the molecule is COCCN(CC1CCCN1)C(=O)c1cc(Cl)c[nH]1. The van der Waals surface area contributed by atoms with Gasteiger partial charge in [-0.15, -0.1) is 0 Å². The fourth-order valence-electron chi connectivity index (χ4n) is 2.32. The molecular formula is C13H20ClN3O2. The lowest BCUT2D eigenvalue weighted by Crippen LogP contribution is -2.42. The van der Waals surface area contributed by atoms with Crippen molar-refractivity contribution in [2.75, 3.05) is 33.4 Å². The molecule has 0 spiro atoms. The lowest BCUT2D eigenvalue weighted by molar-refractivity contribution is 0.0674. The van der Waals surface area contributed by atoms with Crippen molar-refractivity contribution in [1.82, 2.24) is 15.2 Å². The summed E-state index contributed by atoms with van der Waals surface area (Å²) in [6.45, 7) is 2.86. The maximum Gasteiger partial charge on any atom is 0.270 e. The second kappa shape index (κ2) is 6.93. The number of halogens is 1. The first kappa shape index (κ1) is 14.4. The van der Waals surface area contributed by atoms with Crippen molar-refractivity contribution in [2.45, 2.75) is 18.9 Å². The maximum absolute atomic E-state index is 12.4. The van der Waals surface area contributed by atoms with Crippen LogP contribution in [0.4, 0.5) is 0 Å². The van der Waals surface area contributed by atoms with E-state index in [0.717, 1.165) is 13.0 Å². The molecule has 5 nitrogen and oxygen atoms in total. The van der Waals surface area contributed by atoms with E-state index in [1.54, 1.807) is 19.4 Å². The third-order valence-electron chi connectivity index (χ3n) is 3.33. The highest BCUT2D eigenvalue weighted by atomic mass is 35.5. The van der Waals surface area contributed by atoms with Crippen molar-refractivity contribution < 1.29 is 9.53 Å². The molecule has 19 heavy (non-hydrogen) atoms. The second-order valence-corrected chi connectivity index (χ2v) is 5.21. The van der Waals surface area contributed by atoms with Crippen LogP contribution in [-0.2, 0) is 4.74 Å². The smallest absolute Gasteiger partial charge is 0.270 e. The number of methoxy groups -OCH3 is 1. The van der Waals surface area contributed by atoms with E-state index in [0.29, 0.717) is 36.5 Å². The summed E-state index contributed by atoms with van der Waals surface area (Å²) in [7, 11) is 1.64. The zero-order valence-electron chi connectivity index (χ0n) is 11.1. The fraction of sp³-hybridized carbons (Fsp3) is 0.615. The minimum atomic E-state index is -0.0300. The molecule has 1 aliphatic rings. The summed E-state index contributed by atoms with van der Waals surface area (Å²) in [4.78, 5) is 17.1. The Kier molecular flexibility index (Phi) is 5.24. The van der Waals surface area contributed by atoms with Gasteiger partial charge in [0, 0.05) is 32.4 Å². The van der Waals surface area contributed by atoms with Crippen LogP contribution in [0, 0.1) is 0 Å². The van der Waals surface area contributed by atoms with Crippen molar-refractivity contribution in [2.24, 2.45) is 0 Å². The van der Waals surface area contributed by atoms with E-state index in [1.165, 1.54) is 6.42 Å². The zero-order valence-corrected chi connectivity index (χ0v) is 11.9. The van der Waals surface area contributed by atoms with Gasteiger partial charge in [0.15, 0.2) is 0 Å². The van der Waals surface area contributed by atoms with Gasteiger partial charge >= 0.3 is 0 Å². The van der Waals surface area contributed by atoms with E-state index < -0.39 is 0 Å². The summed E-state index contributed by atoms with van der Waals surface area (Å²) < 4.78 is 5.08. The second-order valence-electron chi connectivity index (χ2n) is 4.77. The predicted octanol–water partition coefficient (Wildman–Crippen LogP) is 1.51. The van der Waals surface area contributed by atoms with E-state index in [4.69, 9.17) is 16.3 Å². The lowest BCUT2D eigenvalue weighted by Gasteiger charge is -2.25. The van der Waals surface area contributed by atoms with Gasteiger partial charge in [0.2, 0.25) is 0 Å². The van der Waals surface area contributed by atoms with Crippen molar-refractivity contribution in [1.29, 1.82) is 0 Å². The first-order valence-corrected chi connectivity index (χ1v) is 6.94. The van der Waals surface area contributed by atoms with Gasteiger partial charge in [0.25, 0.3) is 5.91 Å². The molecule has 1 aromatic heterocycles. The van der Waals surface area contributed by atoms with Gasteiger partial charge < -0.3 is 19.9 Å². The number of rotatable bonds is 6. The molecule has 106 valence electrons. The number of hydrogen-bond acceptors (Lipinski definition) is 3. The monoisotopic (exact) mass is 285 g/mol. The largest absolute Gasteiger partial charge is 0.383 e. The van der Waals surface area contributed by atoms with E-state index in [2.05, 4.69) is 10.3 Å². The Morgan fingerprint density at radius 3 is 3.05 bits per heavy atom. The van der Waals surface area contributed by atoms with E-state index in [9.17, 15) is 4.79 Å². The summed E-state index contributed by atoms with van der Waals surface area (Å²) in [5, 5.41) is 3.95. The number of amides is 1. The highest BCUT2D eigenvalue weighted by Crippen LogP contribution is 2.13. The zero-order chi connectivity index (χ0) is 13.7. The molecule has 2 N–H and O–H groups in total. The Hall–Kier alpha value is -1.04. The van der Waals surface area contributed by atoms with E-state index >= 15 is 0 Å². The average molecular weight is 286 g/mol. The number of nitrogens with one attached hydrogen (secondary N) is 2. The number of aromatic amines is 1. The molecule has 1 atom stereocenters. The molecule has 1 amide bonds. The van der Waals surface area contributed by atoms with Crippen LogP contribution in [0.3, 0.4) is 0 Å². The van der Waals surface area contributed by atoms with Gasteiger partial charge in [-0.2, -0.15) is 0 Å². The molecule has 2 rings (SSSR count). The van der Waals surface area contributed by atoms with Crippen LogP contribution in [0.2, 0.25) is 5.02 Å². The summed E-state index contributed by atoms with van der Waals surface area (Å²) in [6.07, 6.45) is 3.91. The standard InChI is InChI=1S/C13H20ClN3O2/c1-19-6-5-17(9-11-3-2-4-15-11)13(18)12-7-10(14)8-16-12/h7-8,11,15-16H,2-6,9H2,1H3. The number of aromatic nitrogens is 1. The minimum Gasteiger partial charge on any atom is -0.383 e. The van der Waals surface area contributed by atoms with Crippen LogP contribution < -0.4 is 5.32 Å². The van der Waals surface area contributed by atoms with Gasteiger partial charge in [0.05, 0.1) is 11.6 Å². The fourth-order valence-corrected chi connectivity index (χ4v) is 2.48. The van der Waals surface area contributed by atoms with Crippen molar-refractivity contribution in [3.63, 3.8) is 0 Å². The van der Waals surface area contributed by atoms with Gasteiger partial charge in [-0.05, 0) is 25.5 Å². The van der Waals surface area contributed by atoms with Crippen LogP contribution in [0.25, 0.3) is 0 Å². The van der Waals surface area contributed by atoms with E-state index in [-0.39, 0.29) is 5.91 Å². The van der Waals surface area contributed by atoms with Crippen molar-refractivity contribution in [3.05, 3.63) is 23.0 Å². The van der Waals surface area contributed by atoms with Gasteiger partial charge in [0.1, 0.15) is 5.69 Å². The third kappa shape index (κ3) is 3.96. The molecule has 0 radical (unpaired) electrons. The normalized spacial score (nSPS) is 18.7. The molecular weight excluding hydrogens is 266 g/mol. The summed E-state index contributed by atoms with van der Waals surface area (Å²) in [5.41, 5.74) is 0.527. The topological polar surface area (TPSA) is 57.4 Å². The van der Waals surface area contributed by atoms with Crippen molar-refractivity contribution >= 4 is 17.5 Å². The lowest BCUT2D eigenvalue weighted by atomic mass is 10.2. The number of hydrogen-bond donors (Lipinski definition) is 2. The number of ether oxygens (including phenoxy) is 1. The molecule has 6 heteroatoms. The number of carbonyl (C=O) groups is 1. The van der Waals surface area contributed by atoms with Crippen LogP contribution in [0.5, 0.6) is 0 Å². The molecule has 1 unspecified atom stereocenters. The Morgan fingerprint density at radius 2 is 2.47 bits per heavy atom. The quantitative estimate of drug-likeness (QED) is 0.833. The molecule has 0 aliphatic carbocycles. The molecule has 0 aromatic carbocycles. The van der Waals surface area contributed by atoms with Gasteiger partial charge in [-0.1, -0.05) is 11.6 Å². The van der Waals surface area contributed by atoms with Gasteiger partial charge in [-0.25, -0.2) is 0 Å². The molecule has 0 saturated carbocycles.